The molecule has 0 saturated heterocycles. The fourth-order valence-electron chi connectivity index (χ4n) is 2.84. The van der Waals surface area contributed by atoms with Crippen molar-refractivity contribution in [1.82, 2.24) is 9.97 Å². The Bertz CT molecular complexity index is 1170. The summed E-state index contributed by atoms with van der Waals surface area (Å²) in [6.07, 6.45) is 6.06. The van der Waals surface area contributed by atoms with Crippen LogP contribution in [0.5, 0.6) is 17.2 Å². The summed E-state index contributed by atoms with van der Waals surface area (Å²) in [5.41, 5.74) is 1.45. The molecule has 0 aliphatic rings. The highest BCUT2D eigenvalue weighted by Crippen LogP contribution is 2.31. The number of aromatic nitrogens is 2. The van der Waals surface area contributed by atoms with E-state index in [1.165, 1.54) is 37.3 Å². The van der Waals surface area contributed by atoms with E-state index in [9.17, 15) is 4.79 Å². The zero-order valence-corrected chi connectivity index (χ0v) is 19.2. The fraction of sp³-hybridized carbons (Fsp3) is 0.167. The van der Waals surface area contributed by atoms with Crippen molar-refractivity contribution in [3.8, 4) is 23.3 Å². The number of carbonyl (C=O) groups excluding carboxylic acids is 1. The number of nitrogens with one attached hydrogen (secondary N) is 1. The first kappa shape index (κ1) is 23.6. The van der Waals surface area contributed by atoms with Gasteiger partial charge in [0, 0.05) is 6.08 Å². The molecule has 0 spiro atoms. The second-order valence-corrected chi connectivity index (χ2v) is 7.42. The van der Waals surface area contributed by atoms with E-state index in [1.54, 1.807) is 25.3 Å². The zero-order valence-electron chi connectivity index (χ0n) is 18.4. The summed E-state index contributed by atoms with van der Waals surface area (Å²) < 4.78 is 16.6. The van der Waals surface area contributed by atoms with Gasteiger partial charge in [-0.25, -0.2) is 9.97 Å². The van der Waals surface area contributed by atoms with E-state index in [0.717, 1.165) is 11.3 Å². The number of ether oxygens (including phenoxy) is 3. The van der Waals surface area contributed by atoms with Gasteiger partial charge in [-0.2, -0.15) is 5.26 Å². The Kier molecular flexibility index (Phi) is 8.27. The van der Waals surface area contributed by atoms with Crippen LogP contribution in [0.1, 0.15) is 21.6 Å². The van der Waals surface area contributed by atoms with Gasteiger partial charge in [-0.15, -0.1) is 11.8 Å². The fourth-order valence-corrected chi connectivity index (χ4v) is 3.27. The zero-order chi connectivity index (χ0) is 23.6. The lowest BCUT2D eigenvalue weighted by molar-refractivity contribution is 0.103. The molecule has 2 aromatic carbocycles. The van der Waals surface area contributed by atoms with Gasteiger partial charge < -0.3 is 19.5 Å². The molecule has 3 rings (SSSR count). The lowest BCUT2D eigenvalue weighted by Gasteiger charge is -2.14. The van der Waals surface area contributed by atoms with Crippen LogP contribution in [0.4, 0.5) is 5.82 Å². The molecular weight excluding hydrogens is 440 g/mol. The highest BCUT2D eigenvalue weighted by atomic mass is 32.2. The van der Waals surface area contributed by atoms with Crippen LogP contribution in [0.15, 0.2) is 66.0 Å². The molecule has 1 N–H and O–H groups in total. The van der Waals surface area contributed by atoms with E-state index >= 15 is 0 Å². The third kappa shape index (κ3) is 6.24. The molecule has 0 amide bonds. The van der Waals surface area contributed by atoms with Crippen molar-refractivity contribution in [3.05, 3.63) is 82.8 Å². The van der Waals surface area contributed by atoms with Gasteiger partial charge in [-0.3, -0.25) is 4.79 Å². The summed E-state index contributed by atoms with van der Waals surface area (Å²) in [5.74, 6) is 1.69. The number of ketones is 1. The Morgan fingerprint density at radius 1 is 1.09 bits per heavy atom. The number of allylic oxidation sites excluding steroid dienone is 1. The van der Waals surface area contributed by atoms with Crippen molar-refractivity contribution in [2.24, 2.45) is 0 Å². The summed E-state index contributed by atoms with van der Waals surface area (Å²) in [6, 6.07) is 14.6. The Hall–Kier alpha value is -4.03. The van der Waals surface area contributed by atoms with E-state index in [2.05, 4.69) is 15.3 Å². The third-order valence-electron chi connectivity index (χ3n) is 4.51. The largest absolute Gasteiger partial charge is 0.497 e. The molecule has 168 valence electrons. The van der Waals surface area contributed by atoms with Crippen LogP contribution < -0.4 is 19.5 Å². The standard InChI is InChI=1S/C24H22N4O4S/c1-30-18-9-7-16(8-10-18)15-32-21-6-4-5-20(31-2)24(21)19(29)11-23(33-3)28-22-14-26-17(12-25)13-27-22/h4-11,13-14H,15H2,1-3H3,(H,27,28)/b23-11-. The lowest BCUT2D eigenvalue weighted by Crippen LogP contribution is -2.07. The van der Waals surface area contributed by atoms with Gasteiger partial charge in [0.25, 0.3) is 0 Å². The number of hydrogen-bond donors (Lipinski definition) is 1. The van der Waals surface area contributed by atoms with Crippen molar-refractivity contribution in [2.75, 3.05) is 25.8 Å². The number of thioether (sulfide) groups is 1. The van der Waals surface area contributed by atoms with Crippen LogP contribution in [0.3, 0.4) is 0 Å². The minimum absolute atomic E-state index is 0.207. The summed E-state index contributed by atoms with van der Waals surface area (Å²) in [7, 11) is 3.11. The average Bonchev–Trinajstić information content (AvgIpc) is 2.87. The molecule has 3 aromatic rings. The summed E-state index contributed by atoms with van der Waals surface area (Å²) in [5, 5.41) is 12.4. The maximum Gasteiger partial charge on any atom is 0.195 e. The van der Waals surface area contributed by atoms with Crippen molar-refractivity contribution >= 4 is 23.4 Å². The normalized spacial score (nSPS) is 10.8. The molecule has 33 heavy (non-hydrogen) atoms. The minimum Gasteiger partial charge on any atom is -0.497 e. The van der Waals surface area contributed by atoms with E-state index in [0.29, 0.717) is 27.9 Å². The molecule has 0 bridgehead atoms. The third-order valence-corrected chi connectivity index (χ3v) is 5.17. The van der Waals surface area contributed by atoms with E-state index in [1.807, 2.05) is 36.6 Å². The number of anilines is 1. The van der Waals surface area contributed by atoms with Crippen LogP contribution >= 0.6 is 11.8 Å². The Morgan fingerprint density at radius 3 is 2.45 bits per heavy atom. The molecule has 0 atom stereocenters. The molecule has 9 heteroatoms. The SMILES string of the molecule is COc1ccc(COc2cccc(OC)c2C(=O)/C=C(/Nc2cnc(C#N)cn2)SC)cc1. The first-order valence-corrected chi connectivity index (χ1v) is 11.0. The summed E-state index contributed by atoms with van der Waals surface area (Å²) in [6.45, 7) is 0.273. The van der Waals surface area contributed by atoms with Gasteiger partial charge in [-0.05, 0) is 36.1 Å². The van der Waals surface area contributed by atoms with E-state index in [4.69, 9.17) is 19.5 Å². The molecule has 8 nitrogen and oxygen atoms in total. The number of carbonyl (C=O) groups is 1. The van der Waals surface area contributed by atoms with Crippen molar-refractivity contribution in [3.63, 3.8) is 0 Å². The number of benzene rings is 2. The predicted molar refractivity (Wildman–Crippen MR) is 127 cm³/mol. The van der Waals surface area contributed by atoms with E-state index in [-0.39, 0.29) is 18.1 Å². The molecule has 0 saturated carbocycles. The number of methoxy groups -OCH3 is 2. The van der Waals surface area contributed by atoms with Crippen LogP contribution in [0.2, 0.25) is 0 Å². The van der Waals surface area contributed by atoms with Crippen LogP contribution in [-0.4, -0.2) is 36.2 Å². The Balaban J connectivity index is 1.82. The first-order valence-electron chi connectivity index (χ1n) is 9.79. The van der Waals surface area contributed by atoms with Gasteiger partial charge in [0.2, 0.25) is 0 Å². The quantitative estimate of drug-likeness (QED) is 0.345. The van der Waals surface area contributed by atoms with Gasteiger partial charge in [-0.1, -0.05) is 18.2 Å². The van der Waals surface area contributed by atoms with E-state index < -0.39 is 0 Å². The van der Waals surface area contributed by atoms with Crippen LogP contribution in [-0.2, 0) is 6.61 Å². The maximum atomic E-state index is 13.2. The highest BCUT2D eigenvalue weighted by molar-refractivity contribution is 8.02. The second kappa shape index (κ2) is 11.5. The Labute approximate surface area is 196 Å². The summed E-state index contributed by atoms with van der Waals surface area (Å²) >= 11 is 1.33. The van der Waals surface area contributed by atoms with Crippen LogP contribution in [0.25, 0.3) is 0 Å². The molecule has 1 heterocycles. The molecule has 0 fully saturated rings. The number of rotatable bonds is 10. The summed E-state index contributed by atoms with van der Waals surface area (Å²) in [4.78, 5) is 21.3. The van der Waals surface area contributed by atoms with Crippen molar-refractivity contribution in [2.45, 2.75) is 6.61 Å². The van der Waals surface area contributed by atoms with Gasteiger partial charge in [0.15, 0.2) is 11.5 Å². The minimum atomic E-state index is -0.296. The van der Waals surface area contributed by atoms with Gasteiger partial charge in [0.1, 0.15) is 41.3 Å². The highest BCUT2D eigenvalue weighted by Gasteiger charge is 2.18. The molecular formula is C24H22N4O4S. The molecule has 0 radical (unpaired) electrons. The maximum absolute atomic E-state index is 13.2. The number of nitrogens with zero attached hydrogens (tertiary/aromatic N) is 3. The Morgan fingerprint density at radius 2 is 1.85 bits per heavy atom. The van der Waals surface area contributed by atoms with Crippen molar-refractivity contribution in [1.29, 1.82) is 5.26 Å². The number of hydrogen-bond acceptors (Lipinski definition) is 9. The first-order chi connectivity index (χ1) is 16.1. The lowest BCUT2D eigenvalue weighted by atomic mass is 10.1. The predicted octanol–water partition coefficient (Wildman–Crippen LogP) is 4.44. The average molecular weight is 463 g/mol. The molecule has 1 aromatic heterocycles. The topological polar surface area (TPSA) is 106 Å². The van der Waals surface area contributed by atoms with Crippen LogP contribution in [0, 0.1) is 11.3 Å². The monoisotopic (exact) mass is 462 g/mol. The van der Waals surface area contributed by atoms with Crippen molar-refractivity contribution < 1.29 is 19.0 Å². The molecule has 0 aliphatic heterocycles. The molecule has 0 aliphatic carbocycles. The van der Waals surface area contributed by atoms with Gasteiger partial charge >= 0.3 is 0 Å². The molecule has 0 unspecified atom stereocenters. The van der Waals surface area contributed by atoms with Gasteiger partial charge in [0.05, 0.1) is 31.6 Å². The number of nitriles is 1. The second-order valence-electron chi connectivity index (χ2n) is 6.57. The smallest absolute Gasteiger partial charge is 0.195 e.